The van der Waals surface area contributed by atoms with Crippen LogP contribution in [-0.4, -0.2) is 17.8 Å². The number of aromatic nitrogens is 1. The van der Waals surface area contributed by atoms with Gasteiger partial charge in [0.2, 0.25) is 0 Å². The molecule has 0 radical (unpaired) electrons. The summed E-state index contributed by atoms with van der Waals surface area (Å²) in [7, 11) is 0. The van der Waals surface area contributed by atoms with Gasteiger partial charge in [-0.25, -0.2) is 9.98 Å². The first-order chi connectivity index (χ1) is 29.7. The molecule has 5 heteroatoms. The summed E-state index contributed by atoms with van der Waals surface area (Å²) in [6.07, 6.45) is 0. The number of thiophene rings is 1. The van der Waals surface area contributed by atoms with Gasteiger partial charge in [-0.1, -0.05) is 158 Å². The molecule has 0 saturated carbocycles. The van der Waals surface area contributed by atoms with E-state index in [0.717, 1.165) is 24.4 Å². The molecule has 0 fully saturated rings. The predicted molar refractivity (Wildman–Crippen MR) is 266 cm³/mol. The van der Waals surface area contributed by atoms with E-state index in [1.807, 2.05) is 11.3 Å². The van der Waals surface area contributed by atoms with Gasteiger partial charge in [0.25, 0.3) is 0 Å². The molecule has 3 nitrogen and oxygen atoms in total. The van der Waals surface area contributed by atoms with Gasteiger partial charge in [-0.3, -0.25) is 0 Å². The molecule has 9 aromatic carbocycles. The zero-order chi connectivity index (χ0) is 39.6. The molecule has 0 atom stereocenters. The monoisotopic (exact) mass is 895 g/mol. The molecule has 2 aromatic heterocycles. The quantitative estimate of drug-likeness (QED) is 0.149. The molecule has 0 amide bonds. The minimum atomic E-state index is -0.572. The Hall–Kier alpha value is -6.80. The molecule has 0 saturated heterocycles. The van der Waals surface area contributed by atoms with E-state index in [-0.39, 0.29) is 0 Å². The summed E-state index contributed by atoms with van der Waals surface area (Å²) in [6, 6.07) is 74.5. The number of fused-ring (bicyclic) bond motifs is 10. The van der Waals surface area contributed by atoms with Crippen molar-refractivity contribution in [2.24, 2.45) is 9.98 Å². The number of benzene rings is 9. The van der Waals surface area contributed by atoms with Gasteiger partial charge < -0.3 is 4.57 Å². The molecule has 0 spiro atoms. The van der Waals surface area contributed by atoms with E-state index in [1.165, 1.54) is 86.1 Å². The molecular formula is C55H34IN3S. The van der Waals surface area contributed by atoms with Crippen LogP contribution < -0.4 is 0 Å². The second kappa shape index (κ2) is 14.5. The van der Waals surface area contributed by atoms with Crippen LogP contribution >= 0.6 is 32.1 Å². The first-order valence-corrected chi connectivity index (χ1v) is 23.1. The fraction of sp³-hybridized carbons (Fsp3) is 0. The largest absolute Gasteiger partial charge is 0.308 e. The zero-order valence-corrected chi connectivity index (χ0v) is 35.2. The van der Waals surface area contributed by atoms with Gasteiger partial charge in [0.1, 0.15) is 7.35 Å². The van der Waals surface area contributed by atoms with Crippen LogP contribution in [0.5, 0.6) is 0 Å². The van der Waals surface area contributed by atoms with Crippen molar-refractivity contribution in [3.05, 3.63) is 223 Å². The molecule has 0 aliphatic carbocycles. The van der Waals surface area contributed by atoms with E-state index < -0.39 is 20.7 Å². The smallest absolute Gasteiger partial charge is 0.161 e. The van der Waals surface area contributed by atoms with E-state index in [9.17, 15) is 0 Å². The molecule has 0 N–H and O–H groups in total. The Labute approximate surface area is 361 Å². The van der Waals surface area contributed by atoms with Crippen LogP contribution in [0.4, 0.5) is 0 Å². The molecule has 1 aliphatic rings. The lowest BCUT2D eigenvalue weighted by atomic mass is 9.96. The lowest BCUT2D eigenvalue weighted by molar-refractivity contribution is 1.19. The Kier molecular flexibility index (Phi) is 8.49. The second-order valence-corrected chi connectivity index (χ2v) is 18.7. The fourth-order valence-electron chi connectivity index (χ4n) is 8.73. The lowest BCUT2D eigenvalue weighted by Gasteiger charge is -2.14. The molecule has 0 unspecified atom stereocenters. The summed E-state index contributed by atoms with van der Waals surface area (Å²) >= 11 is 1.33. The average molecular weight is 896 g/mol. The maximum absolute atomic E-state index is 5.25. The standard InChI is InChI=1S/C55H34IN3S/c1-5-15-35(16-6-1)40-27-31-47-45(33-40)49-43-23-13-14-24-44(43)50-46-34-41(36-17-7-2-8-18-36)28-32-48(46)60-52(50)51(49)59(47)42-29-25-39(26-30-42)55-57-53(37-19-9-3-10-20-37)56-54(58-55)38-21-11-4-12-22-38/h1-34H. The van der Waals surface area contributed by atoms with Gasteiger partial charge in [-0.05, 0) is 102 Å². The number of rotatable bonds is 6. The van der Waals surface area contributed by atoms with Crippen molar-refractivity contribution in [2.75, 3.05) is 0 Å². The van der Waals surface area contributed by atoms with Crippen molar-refractivity contribution < 1.29 is 0 Å². The number of aliphatic imine (C=N–C) groups is 2. The van der Waals surface area contributed by atoms with Crippen LogP contribution in [0, 0.1) is 0 Å². The van der Waals surface area contributed by atoms with Gasteiger partial charge in [0, 0.05) is 48.6 Å². The van der Waals surface area contributed by atoms with Crippen molar-refractivity contribution in [1.82, 2.24) is 4.57 Å². The minimum Gasteiger partial charge on any atom is -0.308 e. The number of nitrogens with zero attached hydrogens (tertiary/aromatic N) is 3. The third-order valence-corrected chi connectivity index (χ3v) is 15.5. The second-order valence-electron chi connectivity index (χ2n) is 15.1. The SMILES string of the molecule is c1ccc(C2=NC(c3ccc(-n4c5ccc(-c6ccccc6)cc5c5c6ccccc6c6c7cc(-c8ccccc8)ccc7sc6c54)cc3)=NC(c3ccccc3)=I2)cc1. The highest BCUT2D eigenvalue weighted by molar-refractivity contribution is 14.2. The Balaban J connectivity index is 1.10. The minimum absolute atomic E-state index is 0.572. The molecule has 3 heterocycles. The van der Waals surface area contributed by atoms with Gasteiger partial charge in [-0.2, -0.15) is 0 Å². The van der Waals surface area contributed by atoms with E-state index in [0.29, 0.717) is 0 Å². The normalized spacial score (nSPS) is 13.1. The molecule has 282 valence electrons. The molecule has 0 bridgehead atoms. The third-order valence-electron chi connectivity index (χ3n) is 11.5. The first kappa shape index (κ1) is 35.2. The maximum atomic E-state index is 5.25. The summed E-state index contributed by atoms with van der Waals surface area (Å²) in [5.74, 6) is 0.757. The number of hydrogen-bond donors (Lipinski definition) is 0. The van der Waals surface area contributed by atoms with Gasteiger partial charge in [0.05, 0.1) is 15.7 Å². The highest BCUT2D eigenvalue weighted by atomic mass is 127. The summed E-state index contributed by atoms with van der Waals surface area (Å²) in [4.78, 5) is 10.5. The summed E-state index contributed by atoms with van der Waals surface area (Å²) in [6.45, 7) is 0. The van der Waals surface area contributed by atoms with Gasteiger partial charge in [-0.15, -0.1) is 11.3 Å². The molecule has 60 heavy (non-hydrogen) atoms. The van der Waals surface area contributed by atoms with Gasteiger partial charge in [0.15, 0.2) is 5.84 Å². The van der Waals surface area contributed by atoms with Crippen molar-refractivity contribution in [2.45, 2.75) is 0 Å². The number of hydrogen-bond acceptors (Lipinski definition) is 3. The van der Waals surface area contributed by atoms with Crippen LogP contribution in [0.25, 0.3) is 80.7 Å². The Bertz CT molecular complexity index is 3510. The van der Waals surface area contributed by atoms with E-state index in [1.54, 1.807) is 0 Å². The average Bonchev–Trinajstić information content (AvgIpc) is 3.89. The Morgan fingerprint density at radius 1 is 0.400 bits per heavy atom. The van der Waals surface area contributed by atoms with Crippen LogP contribution in [0.15, 0.2) is 216 Å². The number of halogens is 1. The van der Waals surface area contributed by atoms with Crippen molar-refractivity contribution >= 4 is 98.0 Å². The molecule has 12 rings (SSSR count). The lowest BCUT2D eigenvalue weighted by Crippen LogP contribution is -2.11. The summed E-state index contributed by atoms with van der Waals surface area (Å²) < 4.78 is 7.35. The van der Waals surface area contributed by atoms with E-state index in [4.69, 9.17) is 9.98 Å². The van der Waals surface area contributed by atoms with Crippen LogP contribution in [-0.2, 0) is 0 Å². The van der Waals surface area contributed by atoms with Crippen LogP contribution in [0.1, 0.15) is 16.7 Å². The Morgan fingerprint density at radius 2 is 0.933 bits per heavy atom. The summed E-state index contributed by atoms with van der Waals surface area (Å²) in [5, 5.41) is 7.68. The van der Waals surface area contributed by atoms with Gasteiger partial charge >= 0.3 is 0 Å². The van der Waals surface area contributed by atoms with Crippen LogP contribution in [0.2, 0.25) is 0 Å². The van der Waals surface area contributed by atoms with Crippen molar-refractivity contribution in [1.29, 1.82) is 0 Å². The van der Waals surface area contributed by atoms with Crippen molar-refractivity contribution in [3.8, 4) is 27.9 Å². The fourth-order valence-corrected chi connectivity index (χ4v) is 12.5. The number of amidine groups is 1. The van der Waals surface area contributed by atoms with Crippen molar-refractivity contribution in [3.63, 3.8) is 0 Å². The first-order valence-electron chi connectivity index (χ1n) is 20.1. The third kappa shape index (κ3) is 5.87. The highest BCUT2D eigenvalue weighted by Crippen LogP contribution is 2.49. The summed E-state index contributed by atoms with van der Waals surface area (Å²) in [5.41, 5.74) is 11.7. The highest BCUT2D eigenvalue weighted by Gasteiger charge is 2.23. The van der Waals surface area contributed by atoms with E-state index in [2.05, 4.69) is 211 Å². The molecule has 11 aromatic rings. The zero-order valence-electron chi connectivity index (χ0n) is 32.3. The predicted octanol–water partition coefficient (Wildman–Crippen LogP) is 15.0. The maximum Gasteiger partial charge on any atom is 0.161 e. The molecule has 1 aliphatic heterocycles. The molecular weight excluding hydrogens is 862 g/mol. The Morgan fingerprint density at radius 3 is 1.58 bits per heavy atom. The van der Waals surface area contributed by atoms with E-state index >= 15 is 0 Å². The van der Waals surface area contributed by atoms with Crippen LogP contribution in [0.3, 0.4) is 0 Å². The topological polar surface area (TPSA) is 29.6 Å².